The molecule has 0 aromatic heterocycles. The Morgan fingerprint density at radius 2 is 2.12 bits per heavy atom. The quantitative estimate of drug-likeness (QED) is 0.481. The van der Waals surface area contributed by atoms with E-state index in [4.69, 9.17) is 28.6 Å². The number of benzene rings is 1. The molecule has 0 aliphatic carbocycles. The van der Waals surface area contributed by atoms with Gasteiger partial charge in [-0.15, -0.1) is 0 Å². The van der Waals surface area contributed by atoms with E-state index < -0.39 is 12.0 Å². The van der Waals surface area contributed by atoms with Gasteiger partial charge in [0.15, 0.2) is 5.11 Å². The molecule has 0 heterocycles. The molecule has 6 nitrogen and oxygen atoms in total. The summed E-state index contributed by atoms with van der Waals surface area (Å²) in [7, 11) is 1.30. The van der Waals surface area contributed by atoms with Gasteiger partial charge in [-0.1, -0.05) is 37.4 Å². The zero-order valence-corrected chi connectivity index (χ0v) is 15.3. The van der Waals surface area contributed by atoms with Crippen LogP contribution in [0.15, 0.2) is 24.3 Å². The van der Waals surface area contributed by atoms with Crippen LogP contribution in [0.25, 0.3) is 0 Å². The van der Waals surface area contributed by atoms with Crippen molar-refractivity contribution in [3.05, 3.63) is 29.3 Å². The first kappa shape index (κ1) is 20.2. The summed E-state index contributed by atoms with van der Waals surface area (Å²) in [6.07, 6.45) is 2.29. The standard InChI is InChI=1S/C16H22ClN3O3S/c1-3-4-8-13(15(22)23-2)20-14(21)10-18-16(24)19-12-7-5-6-11(17)9-12/h5-7,9,13H,3-4,8,10H2,1-2H3,(H,20,21)(H2,18,19,24). The van der Waals surface area contributed by atoms with Crippen molar-refractivity contribution in [3.63, 3.8) is 0 Å². The van der Waals surface area contributed by atoms with Crippen LogP contribution in [-0.4, -0.2) is 36.7 Å². The largest absolute Gasteiger partial charge is 0.467 e. The van der Waals surface area contributed by atoms with E-state index in [1.54, 1.807) is 24.3 Å². The number of thiocarbonyl (C=S) groups is 1. The van der Waals surface area contributed by atoms with Crippen molar-refractivity contribution in [2.75, 3.05) is 19.0 Å². The second-order valence-electron chi connectivity index (χ2n) is 5.10. The molecular formula is C16H22ClN3O3S. The minimum atomic E-state index is -0.640. The van der Waals surface area contributed by atoms with E-state index in [9.17, 15) is 9.59 Å². The molecule has 0 saturated carbocycles. The maximum absolute atomic E-state index is 12.0. The van der Waals surface area contributed by atoms with E-state index >= 15 is 0 Å². The van der Waals surface area contributed by atoms with Gasteiger partial charge >= 0.3 is 5.97 Å². The molecule has 0 aliphatic rings. The maximum atomic E-state index is 12.0. The van der Waals surface area contributed by atoms with Crippen LogP contribution in [0.2, 0.25) is 5.02 Å². The molecule has 0 spiro atoms. The second kappa shape index (κ2) is 10.8. The Labute approximate surface area is 152 Å². The lowest BCUT2D eigenvalue weighted by molar-refractivity contribution is -0.145. The highest BCUT2D eigenvalue weighted by atomic mass is 35.5. The number of halogens is 1. The highest BCUT2D eigenvalue weighted by Crippen LogP contribution is 2.14. The fourth-order valence-electron chi connectivity index (χ4n) is 1.95. The minimum Gasteiger partial charge on any atom is -0.467 e. The number of hydrogen-bond donors (Lipinski definition) is 3. The predicted molar refractivity (Wildman–Crippen MR) is 99.1 cm³/mol. The summed E-state index contributed by atoms with van der Waals surface area (Å²) in [5.41, 5.74) is 0.718. The van der Waals surface area contributed by atoms with Crippen LogP contribution in [0, 0.1) is 0 Å². The summed E-state index contributed by atoms with van der Waals surface area (Å²) in [5.74, 6) is -0.784. The number of rotatable bonds is 8. The van der Waals surface area contributed by atoms with Gasteiger partial charge in [0.05, 0.1) is 13.7 Å². The number of ether oxygens (including phenoxy) is 1. The Hall–Kier alpha value is -1.86. The van der Waals surface area contributed by atoms with Crippen LogP contribution in [0.4, 0.5) is 5.69 Å². The molecule has 1 aromatic carbocycles. The van der Waals surface area contributed by atoms with Crippen LogP contribution in [0.5, 0.6) is 0 Å². The molecule has 1 aromatic rings. The first-order chi connectivity index (χ1) is 11.5. The van der Waals surface area contributed by atoms with E-state index in [-0.39, 0.29) is 17.6 Å². The number of anilines is 1. The smallest absolute Gasteiger partial charge is 0.328 e. The molecule has 1 atom stereocenters. The van der Waals surface area contributed by atoms with E-state index in [0.717, 1.165) is 18.5 Å². The van der Waals surface area contributed by atoms with Gasteiger partial charge in [-0.25, -0.2) is 4.79 Å². The molecule has 0 saturated heterocycles. The predicted octanol–water partition coefficient (Wildman–Crippen LogP) is 2.47. The third kappa shape index (κ3) is 7.61. The van der Waals surface area contributed by atoms with E-state index in [1.165, 1.54) is 7.11 Å². The number of esters is 1. The molecular weight excluding hydrogens is 350 g/mol. The van der Waals surface area contributed by atoms with Crippen molar-refractivity contribution in [2.45, 2.75) is 32.2 Å². The van der Waals surface area contributed by atoms with Gasteiger partial charge in [0.25, 0.3) is 0 Å². The lowest BCUT2D eigenvalue weighted by atomic mass is 10.1. The zero-order valence-electron chi connectivity index (χ0n) is 13.7. The van der Waals surface area contributed by atoms with Crippen molar-refractivity contribution in [1.82, 2.24) is 10.6 Å². The molecule has 0 fully saturated rings. The number of amides is 1. The monoisotopic (exact) mass is 371 g/mol. The van der Waals surface area contributed by atoms with Gasteiger partial charge in [-0.3, -0.25) is 4.79 Å². The third-order valence-corrected chi connectivity index (χ3v) is 3.64. The Kier molecular flexibility index (Phi) is 9.11. The van der Waals surface area contributed by atoms with Crippen LogP contribution in [0.3, 0.4) is 0 Å². The summed E-state index contributed by atoms with van der Waals surface area (Å²) >= 11 is 11.0. The number of nitrogens with one attached hydrogen (secondary N) is 3. The van der Waals surface area contributed by atoms with Crippen LogP contribution in [0.1, 0.15) is 26.2 Å². The molecule has 0 bridgehead atoms. The van der Waals surface area contributed by atoms with Gasteiger partial charge in [0, 0.05) is 10.7 Å². The van der Waals surface area contributed by atoms with Gasteiger partial charge in [-0.2, -0.15) is 0 Å². The first-order valence-corrected chi connectivity index (χ1v) is 8.42. The average molecular weight is 372 g/mol. The van der Waals surface area contributed by atoms with Gasteiger partial charge in [-0.05, 0) is 36.8 Å². The fraction of sp³-hybridized carbons (Fsp3) is 0.438. The van der Waals surface area contributed by atoms with Crippen molar-refractivity contribution in [3.8, 4) is 0 Å². The summed E-state index contributed by atoms with van der Waals surface area (Å²) in [5, 5.41) is 9.22. The summed E-state index contributed by atoms with van der Waals surface area (Å²) in [4.78, 5) is 23.6. The molecule has 1 rings (SSSR count). The number of methoxy groups -OCH3 is 1. The molecule has 0 aliphatic heterocycles. The summed E-state index contributed by atoms with van der Waals surface area (Å²) in [6.45, 7) is 1.96. The SMILES string of the molecule is CCCCC(NC(=O)CNC(=S)Nc1cccc(Cl)c1)C(=O)OC. The molecule has 1 amide bonds. The first-order valence-electron chi connectivity index (χ1n) is 7.63. The lowest BCUT2D eigenvalue weighted by Crippen LogP contribution is -2.46. The molecule has 3 N–H and O–H groups in total. The topological polar surface area (TPSA) is 79.5 Å². The van der Waals surface area contributed by atoms with E-state index in [0.29, 0.717) is 11.4 Å². The fourth-order valence-corrected chi connectivity index (χ4v) is 2.33. The normalized spacial score (nSPS) is 11.3. The number of unbranched alkanes of at least 4 members (excludes halogenated alkanes) is 1. The Balaban J connectivity index is 2.43. The van der Waals surface area contributed by atoms with E-state index in [1.807, 2.05) is 6.92 Å². The summed E-state index contributed by atoms with van der Waals surface area (Å²) in [6, 6.07) is 6.42. The Morgan fingerprint density at radius 1 is 1.38 bits per heavy atom. The van der Waals surface area contributed by atoms with Crippen molar-refractivity contribution in [2.24, 2.45) is 0 Å². The zero-order chi connectivity index (χ0) is 17.9. The number of carbonyl (C=O) groups excluding carboxylic acids is 2. The van der Waals surface area contributed by atoms with Crippen LogP contribution in [-0.2, 0) is 14.3 Å². The Morgan fingerprint density at radius 3 is 2.75 bits per heavy atom. The van der Waals surface area contributed by atoms with E-state index in [2.05, 4.69) is 16.0 Å². The molecule has 8 heteroatoms. The average Bonchev–Trinajstić information content (AvgIpc) is 2.56. The van der Waals surface area contributed by atoms with Crippen molar-refractivity contribution < 1.29 is 14.3 Å². The van der Waals surface area contributed by atoms with Crippen molar-refractivity contribution >= 4 is 46.5 Å². The van der Waals surface area contributed by atoms with Crippen LogP contribution < -0.4 is 16.0 Å². The second-order valence-corrected chi connectivity index (χ2v) is 5.95. The summed E-state index contributed by atoms with van der Waals surface area (Å²) < 4.78 is 4.70. The maximum Gasteiger partial charge on any atom is 0.328 e. The number of carbonyl (C=O) groups is 2. The molecule has 24 heavy (non-hydrogen) atoms. The lowest BCUT2D eigenvalue weighted by Gasteiger charge is -2.17. The highest BCUT2D eigenvalue weighted by molar-refractivity contribution is 7.80. The highest BCUT2D eigenvalue weighted by Gasteiger charge is 2.20. The molecule has 1 unspecified atom stereocenters. The number of hydrogen-bond acceptors (Lipinski definition) is 4. The molecule has 0 radical (unpaired) electrons. The third-order valence-electron chi connectivity index (χ3n) is 3.16. The molecule has 132 valence electrons. The van der Waals surface area contributed by atoms with Crippen molar-refractivity contribution in [1.29, 1.82) is 0 Å². The van der Waals surface area contributed by atoms with Gasteiger partial charge in [0.1, 0.15) is 6.04 Å². The Bertz CT molecular complexity index is 583. The van der Waals surface area contributed by atoms with Gasteiger partial charge in [0.2, 0.25) is 5.91 Å². The van der Waals surface area contributed by atoms with Gasteiger partial charge < -0.3 is 20.7 Å². The minimum absolute atomic E-state index is 0.0496. The van der Waals surface area contributed by atoms with Crippen LogP contribution >= 0.6 is 23.8 Å².